The molecule has 2 atom stereocenters. The van der Waals surface area contributed by atoms with E-state index in [0.29, 0.717) is 0 Å². The van der Waals surface area contributed by atoms with Crippen LogP contribution in [0.5, 0.6) is 0 Å². The fourth-order valence-electron chi connectivity index (χ4n) is 3.95. The van der Waals surface area contributed by atoms with E-state index in [-0.39, 0.29) is 24.7 Å². The van der Waals surface area contributed by atoms with Gasteiger partial charge in [0.05, 0.1) is 13.2 Å². The third kappa shape index (κ3) is 3.92. The molecule has 1 fully saturated rings. The highest BCUT2D eigenvalue weighted by Gasteiger charge is 2.52. The minimum Gasteiger partial charge on any atom is -0.404 e. The summed E-state index contributed by atoms with van der Waals surface area (Å²) in [6.07, 6.45) is 0.466. The van der Waals surface area contributed by atoms with Crippen LogP contribution < -0.4 is 10.4 Å². The summed E-state index contributed by atoms with van der Waals surface area (Å²) in [5.41, 5.74) is -1.14. The summed E-state index contributed by atoms with van der Waals surface area (Å²) in [5.74, 6) is 0. The van der Waals surface area contributed by atoms with E-state index in [0.717, 1.165) is 16.7 Å². The zero-order chi connectivity index (χ0) is 19.5. The Balaban J connectivity index is 2.03. The summed E-state index contributed by atoms with van der Waals surface area (Å²) >= 11 is 0. The Bertz CT molecular complexity index is 717. The molecule has 27 heavy (non-hydrogen) atoms. The number of aldehydes is 1. The minimum atomic E-state index is -2.70. The molecule has 2 aromatic carbocycles. The van der Waals surface area contributed by atoms with Crippen molar-refractivity contribution >= 4 is 25.0 Å². The van der Waals surface area contributed by atoms with Crippen molar-refractivity contribution in [2.75, 3.05) is 13.2 Å². The van der Waals surface area contributed by atoms with Crippen molar-refractivity contribution in [1.82, 2.24) is 0 Å². The fourth-order valence-corrected chi connectivity index (χ4v) is 8.59. The van der Waals surface area contributed by atoms with E-state index >= 15 is 0 Å². The van der Waals surface area contributed by atoms with Crippen LogP contribution in [0.25, 0.3) is 0 Å². The SMILES string of the molecule is CC(C)(C)[Si](OCC1(O)COC(C=O)C1)(c1ccccc1)c1ccccc1. The molecular formula is C22H28O4Si. The van der Waals surface area contributed by atoms with E-state index in [1.54, 1.807) is 0 Å². The van der Waals surface area contributed by atoms with Crippen LogP contribution >= 0.6 is 0 Å². The number of ether oxygens (including phenoxy) is 1. The predicted molar refractivity (Wildman–Crippen MR) is 109 cm³/mol. The second-order valence-electron chi connectivity index (χ2n) is 8.37. The summed E-state index contributed by atoms with van der Waals surface area (Å²) in [5, 5.41) is 13.1. The maximum absolute atomic E-state index is 11.0. The first-order valence-electron chi connectivity index (χ1n) is 9.35. The molecule has 144 valence electrons. The van der Waals surface area contributed by atoms with Crippen LogP contribution in [-0.4, -0.2) is 44.6 Å². The monoisotopic (exact) mass is 384 g/mol. The molecule has 2 unspecified atom stereocenters. The molecule has 1 saturated heterocycles. The van der Waals surface area contributed by atoms with Crippen LogP contribution in [0.2, 0.25) is 5.04 Å². The van der Waals surface area contributed by atoms with Crippen LogP contribution in [0.15, 0.2) is 60.7 Å². The molecular weight excluding hydrogens is 356 g/mol. The second kappa shape index (κ2) is 7.68. The van der Waals surface area contributed by atoms with Gasteiger partial charge in [-0.3, -0.25) is 0 Å². The van der Waals surface area contributed by atoms with Gasteiger partial charge in [-0.05, 0) is 15.4 Å². The van der Waals surface area contributed by atoms with Gasteiger partial charge in [0, 0.05) is 6.42 Å². The summed E-state index contributed by atoms with van der Waals surface area (Å²) in [4.78, 5) is 11.0. The van der Waals surface area contributed by atoms with E-state index in [4.69, 9.17) is 9.16 Å². The van der Waals surface area contributed by atoms with E-state index in [1.165, 1.54) is 0 Å². The van der Waals surface area contributed by atoms with Crippen LogP contribution in [0, 0.1) is 0 Å². The van der Waals surface area contributed by atoms with Gasteiger partial charge in [-0.25, -0.2) is 0 Å². The van der Waals surface area contributed by atoms with Crippen molar-refractivity contribution in [2.24, 2.45) is 0 Å². The lowest BCUT2D eigenvalue weighted by molar-refractivity contribution is -0.115. The number of hydrogen-bond donors (Lipinski definition) is 1. The van der Waals surface area contributed by atoms with Crippen molar-refractivity contribution in [3.05, 3.63) is 60.7 Å². The molecule has 0 bridgehead atoms. The van der Waals surface area contributed by atoms with Gasteiger partial charge in [0.25, 0.3) is 8.32 Å². The quantitative estimate of drug-likeness (QED) is 0.613. The smallest absolute Gasteiger partial charge is 0.261 e. The number of rotatable bonds is 6. The number of benzene rings is 2. The summed E-state index contributed by atoms with van der Waals surface area (Å²) < 4.78 is 12.1. The third-order valence-corrected chi connectivity index (χ3v) is 10.3. The Hall–Kier alpha value is -1.79. The largest absolute Gasteiger partial charge is 0.404 e. The predicted octanol–water partition coefficient (Wildman–Crippen LogP) is 2.28. The molecule has 4 nitrogen and oxygen atoms in total. The molecule has 0 amide bonds. The standard InChI is InChI=1S/C22H28O4Si/c1-21(2,3)27(19-10-6-4-7-11-19,20-12-8-5-9-13-20)26-17-22(24)14-18(15-23)25-16-22/h4-13,15,18,24H,14,16-17H2,1-3H3. The van der Waals surface area contributed by atoms with Crippen molar-refractivity contribution in [1.29, 1.82) is 0 Å². The highest BCUT2D eigenvalue weighted by molar-refractivity contribution is 6.99. The van der Waals surface area contributed by atoms with Crippen molar-refractivity contribution in [2.45, 2.75) is 43.9 Å². The van der Waals surface area contributed by atoms with Gasteiger partial charge in [0.15, 0.2) is 0 Å². The molecule has 0 saturated carbocycles. The number of carbonyl (C=O) groups excluding carboxylic acids is 1. The van der Waals surface area contributed by atoms with Gasteiger partial charge < -0.3 is 19.1 Å². The Morgan fingerprint density at radius 2 is 1.63 bits per heavy atom. The average Bonchev–Trinajstić information content (AvgIpc) is 3.05. The lowest BCUT2D eigenvalue weighted by Crippen LogP contribution is -2.67. The number of aliphatic hydroxyl groups is 1. The van der Waals surface area contributed by atoms with Gasteiger partial charge in [-0.2, -0.15) is 0 Å². The van der Waals surface area contributed by atoms with Crippen LogP contribution in [0.1, 0.15) is 27.2 Å². The minimum absolute atomic E-state index is 0.120. The normalized spacial score (nSPS) is 23.3. The van der Waals surface area contributed by atoms with E-state index in [9.17, 15) is 9.90 Å². The summed E-state index contributed by atoms with van der Waals surface area (Å²) in [6, 6.07) is 20.6. The molecule has 3 rings (SSSR count). The Kier molecular flexibility index (Phi) is 5.67. The van der Waals surface area contributed by atoms with E-state index in [1.807, 2.05) is 36.4 Å². The zero-order valence-electron chi connectivity index (χ0n) is 16.2. The molecule has 1 heterocycles. The highest BCUT2D eigenvalue weighted by Crippen LogP contribution is 2.38. The maximum Gasteiger partial charge on any atom is 0.261 e. The van der Waals surface area contributed by atoms with Gasteiger partial charge in [-0.15, -0.1) is 0 Å². The number of carbonyl (C=O) groups is 1. The van der Waals surface area contributed by atoms with E-state index < -0.39 is 20.0 Å². The van der Waals surface area contributed by atoms with Crippen LogP contribution in [-0.2, 0) is 14.0 Å². The molecule has 1 N–H and O–H groups in total. The maximum atomic E-state index is 11.0. The summed E-state index contributed by atoms with van der Waals surface area (Å²) in [7, 11) is -2.70. The molecule has 0 aromatic heterocycles. The molecule has 0 radical (unpaired) electrons. The average molecular weight is 385 g/mol. The van der Waals surface area contributed by atoms with Crippen molar-refractivity contribution in [3.63, 3.8) is 0 Å². The lowest BCUT2D eigenvalue weighted by atomic mass is 10.0. The van der Waals surface area contributed by atoms with Crippen LogP contribution in [0.4, 0.5) is 0 Å². The molecule has 0 spiro atoms. The van der Waals surface area contributed by atoms with Gasteiger partial charge in [0.1, 0.15) is 18.0 Å². The Morgan fingerprint density at radius 1 is 1.11 bits per heavy atom. The molecule has 1 aliphatic heterocycles. The van der Waals surface area contributed by atoms with Crippen molar-refractivity contribution < 1.29 is 19.1 Å². The first-order valence-corrected chi connectivity index (χ1v) is 11.3. The van der Waals surface area contributed by atoms with Gasteiger partial charge in [-0.1, -0.05) is 81.4 Å². The lowest BCUT2D eigenvalue weighted by Gasteiger charge is -2.44. The number of hydrogen-bond acceptors (Lipinski definition) is 4. The first kappa shape index (κ1) is 20.0. The molecule has 1 aliphatic rings. The van der Waals surface area contributed by atoms with Gasteiger partial charge in [0.2, 0.25) is 0 Å². The topological polar surface area (TPSA) is 55.8 Å². The highest BCUT2D eigenvalue weighted by atomic mass is 28.4. The van der Waals surface area contributed by atoms with Gasteiger partial charge >= 0.3 is 0 Å². The Morgan fingerprint density at radius 3 is 2.04 bits per heavy atom. The molecule has 5 heteroatoms. The van der Waals surface area contributed by atoms with E-state index in [2.05, 4.69) is 45.0 Å². The second-order valence-corrected chi connectivity index (χ2v) is 12.7. The third-order valence-electron chi connectivity index (χ3n) is 5.27. The molecule has 2 aromatic rings. The summed E-state index contributed by atoms with van der Waals surface area (Å²) in [6.45, 7) is 6.85. The zero-order valence-corrected chi connectivity index (χ0v) is 17.2. The first-order chi connectivity index (χ1) is 12.8. The Labute approximate surface area is 162 Å². The van der Waals surface area contributed by atoms with Crippen molar-refractivity contribution in [3.8, 4) is 0 Å². The molecule has 0 aliphatic carbocycles. The fraction of sp³-hybridized carbons (Fsp3) is 0.409. The van der Waals surface area contributed by atoms with Crippen LogP contribution in [0.3, 0.4) is 0 Å².